The van der Waals surface area contributed by atoms with Crippen molar-refractivity contribution in [2.24, 2.45) is 0 Å². The van der Waals surface area contributed by atoms with Crippen LogP contribution in [0.3, 0.4) is 0 Å². The summed E-state index contributed by atoms with van der Waals surface area (Å²) in [6.07, 6.45) is 0. The molecule has 0 aliphatic carbocycles. The average molecular weight is 361 g/mol. The van der Waals surface area contributed by atoms with Crippen molar-refractivity contribution >= 4 is 40.8 Å². The molecule has 0 spiro atoms. The van der Waals surface area contributed by atoms with Crippen LogP contribution in [0, 0.1) is 0 Å². The molecule has 2 rings (SSSR count). The van der Waals surface area contributed by atoms with Crippen LogP contribution in [-0.4, -0.2) is 31.4 Å². The maximum Gasteiger partial charge on any atom is 0.339 e. The van der Waals surface area contributed by atoms with Crippen LogP contribution in [-0.2, 0) is 14.3 Å². The lowest BCUT2D eigenvalue weighted by atomic mass is 10.2. The zero-order valence-electron chi connectivity index (χ0n) is 13.8. The van der Waals surface area contributed by atoms with Crippen LogP contribution < -0.4 is 10.2 Å². The van der Waals surface area contributed by atoms with Gasteiger partial charge in [0.2, 0.25) is 11.8 Å². The van der Waals surface area contributed by atoms with Crippen LogP contribution in [0.15, 0.2) is 48.5 Å². The first kappa shape index (κ1) is 18.5. The molecule has 0 unspecified atom stereocenters. The normalized spacial score (nSPS) is 10.0. The predicted molar refractivity (Wildman–Crippen MR) is 95.9 cm³/mol. The molecule has 0 heterocycles. The molecule has 130 valence electrons. The zero-order valence-corrected chi connectivity index (χ0v) is 14.5. The topological polar surface area (TPSA) is 75.7 Å². The van der Waals surface area contributed by atoms with Crippen molar-refractivity contribution in [3.05, 3.63) is 59.1 Å². The number of nitrogens with one attached hydrogen (secondary N) is 1. The molecule has 2 amide bonds. The van der Waals surface area contributed by atoms with Gasteiger partial charge in [0.05, 0.1) is 18.4 Å². The Hall–Kier alpha value is -2.86. The summed E-state index contributed by atoms with van der Waals surface area (Å²) in [7, 11) is 1.26. The fraction of sp³-hybridized carbons (Fsp3) is 0.167. The van der Waals surface area contributed by atoms with Crippen molar-refractivity contribution in [2.75, 3.05) is 23.9 Å². The molecule has 7 heteroatoms. The molecule has 0 aliphatic rings. The highest BCUT2D eigenvalue weighted by Crippen LogP contribution is 2.20. The molecule has 2 aromatic rings. The van der Waals surface area contributed by atoms with E-state index in [0.29, 0.717) is 16.4 Å². The zero-order chi connectivity index (χ0) is 18.4. The first-order valence-corrected chi connectivity index (χ1v) is 7.81. The van der Waals surface area contributed by atoms with Gasteiger partial charge in [0.1, 0.15) is 6.54 Å². The largest absolute Gasteiger partial charge is 0.465 e. The molecule has 0 radical (unpaired) electrons. The number of benzene rings is 2. The van der Waals surface area contributed by atoms with Crippen molar-refractivity contribution in [3.63, 3.8) is 0 Å². The van der Waals surface area contributed by atoms with Gasteiger partial charge in [-0.3, -0.25) is 9.59 Å². The molecule has 1 N–H and O–H groups in total. The smallest absolute Gasteiger partial charge is 0.339 e. The Morgan fingerprint density at radius 2 is 1.84 bits per heavy atom. The highest BCUT2D eigenvalue weighted by atomic mass is 35.5. The number of nitrogens with zero attached hydrogens (tertiary/aromatic N) is 1. The van der Waals surface area contributed by atoms with E-state index in [1.165, 1.54) is 18.9 Å². The summed E-state index contributed by atoms with van der Waals surface area (Å²) >= 11 is 5.94. The van der Waals surface area contributed by atoms with Gasteiger partial charge in [-0.25, -0.2) is 4.79 Å². The second kappa shape index (κ2) is 8.30. The van der Waals surface area contributed by atoms with E-state index in [4.69, 9.17) is 16.3 Å². The van der Waals surface area contributed by atoms with Gasteiger partial charge < -0.3 is 15.0 Å². The number of ether oxygens (including phenoxy) is 1. The van der Waals surface area contributed by atoms with Gasteiger partial charge in [0.15, 0.2) is 0 Å². The van der Waals surface area contributed by atoms with Crippen molar-refractivity contribution < 1.29 is 19.1 Å². The van der Waals surface area contributed by atoms with Gasteiger partial charge in [-0.1, -0.05) is 29.8 Å². The number of carbonyl (C=O) groups is 3. The number of hydrogen-bond donors (Lipinski definition) is 1. The lowest BCUT2D eigenvalue weighted by Crippen LogP contribution is -2.36. The van der Waals surface area contributed by atoms with Crippen LogP contribution in [0.25, 0.3) is 0 Å². The average Bonchev–Trinajstić information content (AvgIpc) is 2.59. The van der Waals surface area contributed by atoms with Gasteiger partial charge in [-0.15, -0.1) is 0 Å². The monoisotopic (exact) mass is 360 g/mol. The molecule has 0 saturated carbocycles. The summed E-state index contributed by atoms with van der Waals surface area (Å²) in [6, 6.07) is 13.1. The Labute approximate surface area is 150 Å². The van der Waals surface area contributed by atoms with Gasteiger partial charge in [0.25, 0.3) is 0 Å². The SMILES string of the molecule is COC(=O)c1ccccc1NC(=O)CN(C(C)=O)c1cccc(Cl)c1. The van der Waals surface area contributed by atoms with Crippen LogP contribution in [0.1, 0.15) is 17.3 Å². The second-order valence-electron chi connectivity index (χ2n) is 5.17. The number of methoxy groups -OCH3 is 1. The number of carbonyl (C=O) groups excluding carboxylic acids is 3. The first-order chi connectivity index (χ1) is 11.9. The number of esters is 1. The predicted octanol–water partition coefficient (Wildman–Crippen LogP) is 3.12. The summed E-state index contributed by atoms with van der Waals surface area (Å²) in [5, 5.41) is 3.09. The molecule has 0 aromatic heterocycles. The van der Waals surface area contributed by atoms with Crippen molar-refractivity contribution in [2.45, 2.75) is 6.92 Å². The molecule has 2 aromatic carbocycles. The Bertz CT molecular complexity index is 807. The highest BCUT2D eigenvalue weighted by molar-refractivity contribution is 6.31. The van der Waals surface area contributed by atoms with Gasteiger partial charge in [-0.05, 0) is 30.3 Å². The molecule has 0 aliphatic heterocycles. The molecule has 6 nitrogen and oxygen atoms in total. The standard InChI is InChI=1S/C18H17ClN2O4/c1-12(22)21(14-7-5-6-13(19)10-14)11-17(23)20-16-9-4-3-8-15(16)18(24)25-2/h3-10H,11H2,1-2H3,(H,20,23). The van der Waals surface area contributed by atoms with Gasteiger partial charge in [-0.2, -0.15) is 0 Å². The van der Waals surface area contributed by atoms with Gasteiger partial charge >= 0.3 is 5.97 Å². The number of hydrogen-bond acceptors (Lipinski definition) is 4. The number of anilines is 2. The summed E-state index contributed by atoms with van der Waals surface area (Å²) in [6.45, 7) is 1.14. The maximum absolute atomic E-state index is 12.4. The number of halogens is 1. The third kappa shape index (κ3) is 4.81. The minimum absolute atomic E-state index is 0.217. The number of rotatable bonds is 5. The fourth-order valence-electron chi connectivity index (χ4n) is 2.24. The summed E-state index contributed by atoms with van der Waals surface area (Å²) in [5.74, 6) is -1.32. The number of amides is 2. The van der Waals surface area contributed by atoms with Crippen LogP contribution in [0.2, 0.25) is 5.02 Å². The Balaban J connectivity index is 2.18. The lowest BCUT2D eigenvalue weighted by molar-refractivity contribution is -0.120. The van der Waals surface area contributed by atoms with E-state index in [0.717, 1.165) is 0 Å². The summed E-state index contributed by atoms with van der Waals surface area (Å²) < 4.78 is 4.69. The van der Waals surface area contributed by atoms with E-state index in [-0.39, 0.29) is 18.0 Å². The van der Waals surface area contributed by atoms with Crippen molar-refractivity contribution in [3.8, 4) is 0 Å². The highest BCUT2D eigenvalue weighted by Gasteiger charge is 2.18. The first-order valence-electron chi connectivity index (χ1n) is 7.43. The fourth-order valence-corrected chi connectivity index (χ4v) is 2.43. The molecule has 0 atom stereocenters. The maximum atomic E-state index is 12.4. The van der Waals surface area contributed by atoms with Crippen molar-refractivity contribution in [1.29, 1.82) is 0 Å². The molecular weight excluding hydrogens is 344 g/mol. The van der Waals surface area contributed by atoms with E-state index < -0.39 is 11.9 Å². The van der Waals surface area contributed by atoms with Crippen molar-refractivity contribution in [1.82, 2.24) is 0 Å². The third-order valence-electron chi connectivity index (χ3n) is 3.41. The molecule has 25 heavy (non-hydrogen) atoms. The molecule has 0 fully saturated rings. The van der Waals surface area contributed by atoms with E-state index in [1.807, 2.05) is 0 Å². The summed E-state index contributed by atoms with van der Waals surface area (Å²) in [4.78, 5) is 37.3. The molecule has 0 bridgehead atoms. The lowest BCUT2D eigenvalue weighted by Gasteiger charge is -2.21. The van der Waals surface area contributed by atoms with Crippen LogP contribution in [0.4, 0.5) is 11.4 Å². The van der Waals surface area contributed by atoms with E-state index in [1.54, 1.807) is 48.5 Å². The van der Waals surface area contributed by atoms with Crippen LogP contribution >= 0.6 is 11.6 Å². The third-order valence-corrected chi connectivity index (χ3v) is 3.64. The van der Waals surface area contributed by atoms with E-state index in [2.05, 4.69) is 5.32 Å². The minimum Gasteiger partial charge on any atom is -0.465 e. The molecule has 0 saturated heterocycles. The Morgan fingerprint density at radius 1 is 1.12 bits per heavy atom. The summed E-state index contributed by atoms with van der Waals surface area (Å²) in [5.41, 5.74) is 1.06. The second-order valence-corrected chi connectivity index (χ2v) is 5.61. The van der Waals surface area contributed by atoms with E-state index in [9.17, 15) is 14.4 Å². The van der Waals surface area contributed by atoms with Crippen LogP contribution in [0.5, 0.6) is 0 Å². The number of para-hydroxylation sites is 1. The minimum atomic E-state index is -0.561. The van der Waals surface area contributed by atoms with Gasteiger partial charge in [0, 0.05) is 17.6 Å². The molecular formula is C18H17ClN2O4. The Kier molecular flexibility index (Phi) is 6.14. The quantitative estimate of drug-likeness (QED) is 0.831. The van der Waals surface area contributed by atoms with E-state index >= 15 is 0 Å². The Morgan fingerprint density at radius 3 is 2.48 bits per heavy atom.